The van der Waals surface area contributed by atoms with Gasteiger partial charge in [-0.05, 0) is 33.8 Å². The lowest BCUT2D eigenvalue weighted by Crippen LogP contribution is -2.36. The van der Waals surface area contributed by atoms with Crippen molar-refractivity contribution in [2.24, 2.45) is 0 Å². The van der Waals surface area contributed by atoms with Gasteiger partial charge in [-0.2, -0.15) is 9.61 Å². The van der Waals surface area contributed by atoms with Crippen LogP contribution in [0.2, 0.25) is 0 Å². The largest absolute Gasteiger partial charge is 0.493 e. The molecule has 12 heteroatoms. The minimum atomic E-state index is -0.694. The number of rotatable bonds is 2. The number of fused-ring (bicyclic) bond motifs is 3. The topological polar surface area (TPSA) is 132 Å². The van der Waals surface area contributed by atoms with E-state index in [2.05, 4.69) is 25.7 Å². The molecule has 3 aromatic heterocycles. The third kappa shape index (κ3) is 5.27. The highest BCUT2D eigenvalue weighted by Gasteiger charge is 2.26. The maximum absolute atomic E-state index is 13.0. The molecule has 0 saturated heterocycles. The number of amides is 2. The molecular weight excluding hydrogens is 454 g/mol. The molecule has 0 aromatic carbocycles. The van der Waals surface area contributed by atoms with E-state index in [0.717, 1.165) is 0 Å². The van der Waals surface area contributed by atoms with Crippen molar-refractivity contribution in [3.8, 4) is 5.75 Å². The molecule has 0 aliphatic carbocycles. The first-order valence-corrected chi connectivity index (χ1v) is 11.1. The molecule has 1 aliphatic heterocycles. The van der Waals surface area contributed by atoms with Gasteiger partial charge in [0.15, 0.2) is 11.4 Å². The van der Waals surface area contributed by atoms with Gasteiger partial charge in [-0.3, -0.25) is 14.7 Å². The van der Waals surface area contributed by atoms with Crippen LogP contribution in [0, 0.1) is 0 Å². The summed E-state index contributed by atoms with van der Waals surface area (Å²) in [6, 6.07) is 3.16. The first kappa shape index (κ1) is 24.2. The zero-order chi connectivity index (χ0) is 25.3. The Morgan fingerprint density at radius 3 is 2.77 bits per heavy atom. The predicted molar refractivity (Wildman–Crippen MR) is 128 cm³/mol. The van der Waals surface area contributed by atoms with Gasteiger partial charge in [-0.1, -0.05) is 0 Å². The molecule has 0 fully saturated rings. The number of nitrogens with zero attached hydrogens (tertiary/aromatic N) is 5. The van der Waals surface area contributed by atoms with Crippen molar-refractivity contribution in [1.29, 1.82) is 0 Å². The number of aromatic nitrogens is 4. The molecule has 2 amide bonds. The second kappa shape index (κ2) is 9.37. The van der Waals surface area contributed by atoms with Gasteiger partial charge >= 0.3 is 6.09 Å². The van der Waals surface area contributed by atoms with Gasteiger partial charge in [-0.15, -0.1) is 0 Å². The highest BCUT2D eigenvalue weighted by Crippen LogP contribution is 2.30. The molecule has 4 bridgehead atoms. The fraction of sp³-hybridized carbons (Fsp3) is 0.435. The Morgan fingerprint density at radius 1 is 1.29 bits per heavy atom. The fourth-order valence-corrected chi connectivity index (χ4v) is 3.48. The SMILES string of the molecule is COc1cnc2cc1Nc1cc(N(C)C(=O)OC(C)(C)C)n3ncc(c3n1)C(=O)N[C@H](C)COC2. The third-order valence-electron chi connectivity index (χ3n) is 5.11. The van der Waals surface area contributed by atoms with Crippen molar-refractivity contribution < 1.29 is 23.8 Å². The molecular formula is C23H29N7O5. The molecule has 4 rings (SSSR count). The van der Waals surface area contributed by atoms with Gasteiger partial charge in [0.1, 0.15) is 22.8 Å². The zero-order valence-electron chi connectivity index (χ0n) is 20.6. The van der Waals surface area contributed by atoms with Gasteiger partial charge < -0.3 is 24.8 Å². The first-order valence-electron chi connectivity index (χ1n) is 11.1. The predicted octanol–water partition coefficient (Wildman–Crippen LogP) is 2.90. The maximum Gasteiger partial charge on any atom is 0.415 e. The van der Waals surface area contributed by atoms with Gasteiger partial charge in [0.2, 0.25) is 0 Å². The zero-order valence-corrected chi connectivity index (χ0v) is 20.6. The number of anilines is 3. The molecule has 12 nitrogen and oxygen atoms in total. The standard InChI is InChI=1S/C23H29N7O5/c1-13-11-34-12-14-7-16(17(33-6)10-24-14)27-18-8-19(29(5)22(32)35-23(2,3)4)30-20(28-18)15(9-25-30)21(31)26-13/h7-10,13H,11-12H2,1-6H3,(H,26,31)(H,27,28)/t13-/m1/s1. The molecule has 186 valence electrons. The molecule has 1 aliphatic rings. The summed E-state index contributed by atoms with van der Waals surface area (Å²) in [7, 11) is 3.10. The summed E-state index contributed by atoms with van der Waals surface area (Å²) >= 11 is 0. The lowest BCUT2D eigenvalue weighted by molar-refractivity contribution is 0.0587. The van der Waals surface area contributed by atoms with Crippen LogP contribution in [0.1, 0.15) is 43.7 Å². The third-order valence-corrected chi connectivity index (χ3v) is 5.11. The summed E-state index contributed by atoms with van der Waals surface area (Å²) in [5.74, 6) is 0.837. The van der Waals surface area contributed by atoms with Crippen LogP contribution < -0.4 is 20.3 Å². The smallest absolute Gasteiger partial charge is 0.415 e. The van der Waals surface area contributed by atoms with E-state index in [1.807, 2.05) is 6.92 Å². The van der Waals surface area contributed by atoms with Crippen molar-refractivity contribution >= 4 is 35.0 Å². The summed E-state index contributed by atoms with van der Waals surface area (Å²) in [6.07, 6.45) is 2.42. The minimum Gasteiger partial charge on any atom is -0.493 e. The fourth-order valence-electron chi connectivity index (χ4n) is 3.48. The summed E-state index contributed by atoms with van der Waals surface area (Å²) in [6.45, 7) is 7.72. The molecule has 0 unspecified atom stereocenters. The molecule has 1 atom stereocenters. The Kier molecular flexibility index (Phi) is 6.48. The number of nitrogens with one attached hydrogen (secondary N) is 2. The van der Waals surface area contributed by atoms with Crippen molar-refractivity contribution in [3.63, 3.8) is 0 Å². The number of hydrogen-bond acceptors (Lipinski definition) is 9. The van der Waals surface area contributed by atoms with E-state index >= 15 is 0 Å². The molecule has 4 heterocycles. The summed E-state index contributed by atoms with van der Waals surface area (Å²) in [5.41, 5.74) is 1.08. The number of carbonyl (C=O) groups excluding carboxylic acids is 2. The Labute approximate surface area is 202 Å². The summed E-state index contributed by atoms with van der Waals surface area (Å²) in [5, 5.41) is 10.4. The molecule has 3 aromatic rings. The molecule has 0 spiro atoms. The van der Waals surface area contributed by atoms with Crippen LogP contribution in [0.3, 0.4) is 0 Å². The quantitative estimate of drug-likeness (QED) is 0.564. The Morgan fingerprint density at radius 2 is 2.06 bits per heavy atom. The van der Waals surface area contributed by atoms with E-state index in [0.29, 0.717) is 28.8 Å². The average Bonchev–Trinajstić information content (AvgIpc) is 3.20. The van der Waals surface area contributed by atoms with Gasteiger partial charge in [0.05, 0.1) is 44.1 Å². The Bertz CT molecular complexity index is 1270. The van der Waals surface area contributed by atoms with Crippen LogP contribution in [0.15, 0.2) is 24.5 Å². The minimum absolute atomic E-state index is 0.247. The van der Waals surface area contributed by atoms with E-state index in [9.17, 15) is 9.59 Å². The second-order valence-electron chi connectivity index (χ2n) is 9.22. The lowest BCUT2D eigenvalue weighted by Gasteiger charge is -2.25. The highest BCUT2D eigenvalue weighted by molar-refractivity contribution is 6.00. The molecule has 0 saturated carbocycles. The summed E-state index contributed by atoms with van der Waals surface area (Å²) in [4.78, 5) is 36.2. The van der Waals surface area contributed by atoms with Crippen molar-refractivity contribution in [3.05, 3.63) is 35.8 Å². The van der Waals surface area contributed by atoms with Crippen LogP contribution in [0.25, 0.3) is 5.65 Å². The maximum atomic E-state index is 13.0. The average molecular weight is 484 g/mol. The van der Waals surface area contributed by atoms with E-state index in [-0.39, 0.29) is 36.4 Å². The van der Waals surface area contributed by atoms with Gasteiger partial charge in [-0.25, -0.2) is 9.78 Å². The monoisotopic (exact) mass is 483 g/mol. The molecule has 0 radical (unpaired) electrons. The van der Waals surface area contributed by atoms with Crippen LogP contribution in [0.4, 0.5) is 22.1 Å². The number of methoxy groups -OCH3 is 1. The normalized spacial score (nSPS) is 16.3. The summed E-state index contributed by atoms with van der Waals surface area (Å²) < 4.78 is 18.1. The number of carbonyl (C=O) groups is 2. The van der Waals surface area contributed by atoms with Crippen molar-refractivity contribution in [2.45, 2.75) is 45.9 Å². The molecule has 35 heavy (non-hydrogen) atoms. The number of pyridine rings is 1. The first-order chi connectivity index (χ1) is 16.6. The van der Waals surface area contributed by atoms with Crippen LogP contribution in [-0.4, -0.2) is 64.0 Å². The lowest BCUT2D eigenvalue weighted by atomic mass is 10.2. The second-order valence-corrected chi connectivity index (χ2v) is 9.22. The van der Waals surface area contributed by atoms with Gasteiger partial charge in [0.25, 0.3) is 5.91 Å². The van der Waals surface area contributed by atoms with Crippen LogP contribution in [0.5, 0.6) is 5.75 Å². The van der Waals surface area contributed by atoms with E-state index in [4.69, 9.17) is 14.2 Å². The van der Waals surface area contributed by atoms with Crippen molar-refractivity contribution in [2.75, 3.05) is 31.0 Å². The van der Waals surface area contributed by atoms with E-state index in [1.165, 1.54) is 22.7 Å². The Balaban J connectivity index is 1.87. The Hall–Kier alpha value is -3.93. The van der Waals surface area contributed by atoms with Crippen LogP contribution >= 0.6 is 0 Å². The highest BCUT2D eigenvalue weighted by atomic mass is 16.6. The van der Waals surface area contributed by atoms with E-state index in [1.54, 1.807) is 46.1 Å². The van der Waals surface area contributed by atoms with Crippen molar-refractivity contribution in [1.82, 2.24) is 24.9 Å². The molecule has 2 N–H and O–H groups in total. The number of hydrogen-bond donors (Lipinski definition) is 2. The van der Waals surface area contributed by atoms with E-state index < -0.39 is 11.7 Å². The van der Waals surface area contributed by atoms with Gasteiger partial charge in [0, 0.05) is 19.2 Å². The van der Waals surface area contributed by atoms with Crippen LogP contribution in [-0.2, 0) is 16.1 Å². The number of ether oxygens (including phenoxy) is 3.